The van der Waals surface area contributed by atoms with Crippen LogP contribution in [0.1, 0.15) is 32.8 Å². The molecule has 1 N–H and O–H groups in total. The van der Waals surface area contributed by atoms with Gasteiger partial charge in [-0.1, -0.05) is 37.3 Å². The lowest BCUT2D eigenvalue weighted by molar-refractivity contribution is -0.139. The maximum absolute atomic E-state index is 13.3. The zero-order valence-corrected chi connectivity index (χ0v) is 19.6. The van der Waals surface area contributed by atoms with Gasteiger partial charge in [-0.05, 0) is 50.1 Å². The van der Waals surface area contributed by atoms with E-state index in [1.807, 2.05) is 44.2 Å². The summed E-state index contributed by atoms with van der Waals surface area (Å²) in [6.07, 6.45) is 1.71. The maximum Gasteiger partial charge on any atom is 0.244 e. The number of benzene rings is 2. The highest BCUT2D eigenvalue weighted by atomic mass is 32.2. The summed E-state index contributed by atoms with van der Waals surface area (Å²) in [5, 5.41) is 2.87. The first kappa shape index (κ1) is 25.3. The van der Waals surface area contributed by atoms with Crippen molar-refractivity contribution >= 4 is 27.5 Å². The first-order chi connectivity index (χ1) is 15.0. The molecule has 0 saturated heterocycles. The molecular formula is C23H30FN3O4S. The van der Waals surface area contributed by atoms with Gasteiger partial charge in [-0.15, -0.1) is 0 Å². The van der Waals surface area contributed by atoms with Crippen molar-refractivity contribution in [2.75, 3.05) is 17.1 Å². The van der Waals surface area contributed by atoms with Crippen molar-refractivity contribution < 1.29 is 22.4 Å². The van der Waals surface area contributed by atoms with E-state index in [1.54, 1.807) is 6.92 Å². The third-order valence-electron chi connectivity index (χ3n) is 5.16. The van der Waals surface area contributed by atoms with Crippen molar-refractivity contribution in [2.24, 2.45) is 0 Å². The summed E-state index contributed by atoms with van der Waals surface area (Å²) in [5.74, 6) is -1.39. The fourth-order valence-electron chi connectivity index (χ4n) is 3.05. The number of amides is 2. The summed E-state index contributed by atoms with van der Waals surface area (Å²) in [7, 11) is -3.84. The summed E-state index contributed by atoms with van der Waals surface area (Å²) in [4.78, 5) is 27.4. The largest absolute Gasteiger partial charge is 0.352 e. The van der Waals surface area contributed by atoms with Crippen LogP contribution in [0.3, 0.4) is 0 Å². The van der Waals surface area contributed by atoms with Crippen LogP contribution in [0.5, 0.6) is 0 Å². The predicted octanol–water partition coefficient (Wildman–Crippen LogP) is 2.92. The molecule has 0 fully saturated rings. The number of rotatable bonds is 10. The Hall–Kier alpha value is -2.94. The number of nitrogens with zero attached hydrogens (tertiary/aromatic N) is 2. The van der Waals surface area contributed by atoms with Crippen LogP contribution in [0.2, 0.25) is 0 Å². The predicted molar refractivity (Wildman–Crippen MR) is 123 cm³/mol. The van der Waals surface area contributed by atoms with Crippen LogP contribution >= 0.6 is 0 Å². The van der Waals surface area contributed by atoms with Gasteiger partial charge in [-0.25, -0.2) is 12.8 Å². The summed E-state index contributed by atoms with van der Waals surface area (Å²) in [6, 6.07) is 13.1. The second-order valence-corrected chi connectivity index (χ2v) is 9.65. The molecule has 2 aromatic rings. The second kappa shape index (κ2) is 11.1. The molecule has 2 rings (SSSR count). The Bertz CT molecular complexity index is 1010. The lowest BCUT2D eigenvalue weighted by Gasteiger charge is -2.32. The van der Waals surface area contributed by atoms with Gasteiger partial charge in [0.05, 0.1) is 11.9 Å². The normalized spacial score (nSPS) is 13.2. The van der Waals surface area contributed by atoms with Gasteiger partial charge in [0.15, 0.2) is 0 Å². The highest BCUT2D eigenvalue weighted by Crippen LogP contribution is 2.19. The minimum Gasteiger partial charge on any atom is -0.352 e. The average Bonchev–Trinajstić information content (AvgIpc) is 2.75. The molecule has 0 spiro atoms. The van der Waals surface area contributed by atoms with Crippen molar-refractivity contribution in [3.8, 4) is 0 Å². The van der Waals surface area contributed by atoms with Gasteiger partial charge in [0.2, 0.25) is 21.8 Å². The van der Waals surface area contributed by atoms with Crippen LogP contribution < -0.4 is 9.62 Å². The molecule has 9 heteroatoms. The molecule has 0 radical (unpaired) electrons. The third-order valence-corrected chi connectivity index (χ3v) is 6.30. The molecule has 2 atom stereocenters. The number of sulfonamides is 1. The van der Waals surface area contributed by atoms with Gasteiger partial charge >= 0.3 is 0 Å². The molecule has 2 unspecified atom stereocenters. The van der Waals surface area contributed by atoms with E-state index in [1.165, 1.54) is 17.0 Å². The quantitative estimate of drug-likeness (QED) is 0.587. The van der Waals surface area contributed by atoms with Crippen molar-refractivity contribution in [1.82, 2.24) is 10.2 Å². The van der Waals surface area contributed by atoms with E-state index in [0.717, 1.165) is 34.7 Å². The van der Waals surface area contributed by atoms with E-state index < -0.39 is 34.3 Å². The molecule has 0 heterocycles. The van der Waals surface area contributed by atoms with Crippen LogP contribution in [-0.4, -0.2) is 50.0 Å². The van der Waals surface area contributed by atoms with Crippen molar-refractivity contribution in [3.63, 3.8) is 0 Å². The molecule has 174 valence electrons. The number of hydrogen-bond acceptors (Lipinski definition) is 4. The van der Waals surface area contributed by atoms with Gasteiger partial charge < -0.3 is 10.2 Å². The van der Waals surface area contributed by atoms with Crippen LogP contribution in [0.25, 0.3) is 0 Å². The Balaban J connectivity index is 2.34. The Morgan fingerprint density at radius 3 is 2.16 bits per heavy atom. The topological polar surface area (TPSA) is 86.8 Å². The minimum atomic E-state index is -3.84. The highest BCUT2D eigenvalue weighted by molar-refractivity contribution is 7.92. The minimum absolute atomic E-state index is 0.0645. The molecule has 0 aliphatic rings. The number of anilines is 1. The smallest absolute Gasteiger partial charge is 0.244 e. The van der Waals surface area contributed by atoms with Crippen LogP contribution in [0, 0.1) is 5.82 Å². The van der Waals surface area contributed by atoms with Crippen LogP contribution in [0.15, 0.2) is 54.6 Å². The summed E-state index contributed by atoms with van der Waals surface area (Å²) < 4.78 is 39.0. The van der Waals surface area contributed by atoms with Gasteiger partial charge in [-0.3, -0.25) is 13.9 Å². The molecule has 0 saturated carbocycles. The van der Waals surface area contributed by atoms with Gasteiger partial charge in [0.1, 0.15) is 18.4 Å². The fraction of sp³-hybridized carbons (Fsp3) is 0.391. The van der Waals surface area contributed by atoms with Crippen LogP contribution in [0.4, 0.5) is 10.1 Å². The van der Waals surface area contributed by atoms with Crippen LogP contribution in [-0.2, 0) is 26.2 Å². The van der Waals surface area contributed by atoms with Crippen molar-refractivity contribution in [1.29, 1.82) is 0 Å². The molecule has 0 aliphatic heterocycles. The highest BCUT2D eigenvalue weighted by Gasteiger charge is 2.30. The molecule has 0 bridgehead atoms. The third kappa shape index (κ3) is 7.05. The molecule has 7 nitrogen and oxygen atoms in total. The number of carbonyl (C=O) groups excluding carboxylic acids is 2. The molecule has 2 aromatic carbocycles. The first-order valence-corrected chi connectivity index (χ1v) is 12.2. The summed E-state index contributed by atoms with van der Waals surface area (Å²) in [6.45, 7) is 5.04. The van der Waals surface area contributed by atoms with E-state index in [0.29, 0.717) is 0 Å². The standard InChI is InChI=1S/C23H30FN3O4S/c1-5-17(2)25-23(29)18(3)26(15-19-9-7-6-8-10-19)22(28)16-27(32(4,30)31)21-13-11-20(24)12-14-21/h6-14,17-18H,5,15-16H2,1-4H3,(H,25,29). The van der Waals surface area contributed by atoms with Crippen molar-refractivity contribution in [2.45, 2.75) is 45.8 Å². The number of halogens is 1. The molecule has 0 aliphatic carbocycles. The van der Waals surface area contributed by atoms with E-state index in [4.69, 9.17) is 0 Å². The van der Waals surface area contributed by atoms with E-state index in [9.17, 15) is 22.4 Å². The summed E-state index contributed by atoms with van der Waals surface area (Å²) >= 11 is 0. The molecule has 0 aromatic heterocycles. The molecule has 32 heavy (non-hydrogen) atoms. The monoisotopic (exact) mass is 463 g/mol. The van der Waals surface area contributed by atoms with E-state index in [2.05, 4.69) is 5.32 Å². The molecule has 2 amide bonds. The number of hydrogen-bond donors (Lipinski definition) is 1. The zero-order valence-electron chi connectivity index (χ0n) is 18.8. The zero-order chi connectivity index (χ0) is 23.9. The molecular weight excluding hydrogens is 433 g/mol. The second-order valence-electron chi connectivity index (χ2n) is 7.75. The van der Waals surface area contributed by atoms with E-state index in [-0.39, 0.29) is 24.2 Å². The SMILES string of the molecule is CCC(C)NC(=O)C(C)N(Cc1ccccc1)C(=O)CN(c1ccc(F)cc1)S(C)(=O)=O. The summed E-state index contributed by atoms with van der Waals surface area (Å²) in [5.41, 5.74) is 0.968. The Morgan fingerprint density at radius 1 is 1.03 bits per heavy atom. The Morgan fingerprint density at radius 2 is 1.62 bits per heavy atom. The maximum atomic E-state index is 13.3. The number of carbonyl (C=O) groups is 2. The fourth-order valence-corrected chi connectivity index (χ4v) is 3.90. The number of nitrogens with one attached hydrogen (secondary N) is 1. The van der Waals surface area contributed by atoms with Gasteiger partial charge in [0, 0.05) is 12.6 Å². The van der Waals surface area contributed by atoms with Gasteiger partial charge in [-0.2, -0.15) is 0 Å². The first-order valence-electron chi connectivity index (χ1n) is 10.4. The Labute approximate surface area is 189 Å². The average molecular weight is 464 g/mol. The van der Waals surface area contributed by atoms with Gasteiger partial charge in [0.25, 0.3) is 0 Å². The van der Waals surface area contributed by atoms with E-state index >= 15 is 0 Å². The lowest BCUT2D eigenvalue weighted by atomic mass is 10.1. The lowest BCUT2D eigenvalue weighted by Crippen LogP contribution is -2.52. The Kier molecular flexibility index (Phi) is 8.77. The van der Waals surface area contributed by atoms with Crippen molar-refractivity contribution in [3.05, 3.63) is 66.0 Å².